The monoisotopic (exact) mass is 231 g/mol. The van der Waals surface area contributed by atoms with Crippen molar-refractivity contribution in [2.75, 3.05) is 0 Å². The van der Waals surface area contributed by atoms with Crippen LogP contribution in [0.15, 0.2) is 0 Å². The molecule has 0 aromatic carbocycles. The largest absolute Gasteiger partial charge is 1.00 e. The summed E-state index contributed by atoms with van der Waals surface area (Å²) in [6, 6.07) is 0. The molecule has 0 N–H and O–H groups in total. The van der Waals surface area contributed by atoms with Crippen LogP contribution in [0.25, 0.3) is 0 Å². The van der Waals surface area contributed by atoms with E-state index in [1.165, 1.54) is 6.42 Å². The molecule has 0 aliphatic rings. The molecule has 0 aromatic heterocycles. The van der Waals surface area contributed by atoms with E-state index in [9.17, 15) is 0 Å². The summed E-state index contributed by atoms with van der Waals surface area (Å²) < 4.78 is 0. The molecule has 0 nitrogen and oxygen atoms in total. The summed E-state index contributed by atoms with van der Waals surface area (Å²) >= 11 is 0. The zero-order valence-corrected chi connectivity index (χ0v) is 12.4. The molecular formula is C7H14Cs-. The fourth-order valence-electron chi connectivity index (χ4n) is 0.553. The van der Waals surface area contributed by atoms with Crippen molar-refractivity contribution in [3.63, 3.8) is 0 Å². The Morgan fingerprint density at radius 1 is 1.25 bits per heavy atom. The normalized spacial score (nSPS) is 9.00. The first-order chi connectivity index (χ1) is 3.35. The molecule has 0 saturated carbocycles. The van der Waals surface area contributed by atoms with Crippen molar-refractivity contribution >= 4 is 0 Å². The van der Waals surface area contributed by atoms with Gasteiger partial charge in [-0.05, 0) is 0 Å². The van der Waals surface area contributed by atoms with Gasteiger partial charge in [0.05, 0.1) is 0 Å². The van der Waals surface area contributed by atoms with Crippen LogP contribution in [-0.4, -0.2) is 0 Å². The summed E-state index contributed by atoms with van der Waals surface area (Å²) in [5.74, 6) is 0.764. The summed E-state index contributed by atoms with van der Waals surface area (Å²) in [5, 5.41) is 0. The molecule has 0 radical (unpaired) electrons. The zero-order chi connectivity index (χ0) is 5.70. The smallest absolute Gasteiger partial charge is 0.343 e. The molecule has 0 bridgehead atoms. The van der Waals surface area contributed by atoms with E-state index < -0.39 is 0 Å². The van der Waals surface area contributed by atoms with Gasteiger partial charge < -0.3 is 13.8 Å². The van der Waals surface area contributed by atoms with Gasteiger partial charge in [0.15, 0.2) is 0 Å². The molecule has 0 spiro atoms. The molecule has 0 aliphatic carbocycles. The van der Waals surface area contributed by atoms with Crippen LogP contribution in [0.5, 0.6) is 0 Å². The van der Waals surface area contributed by atoms with Gasteiger partial charge in [0.1, 0.15) is 0 Å². The minimum atomic E-state index is 0. The van der Waals surface area contributed by atoms with Crippen molar-refractivity contribution in [3.05, 3.63) is 13.8 Å². The molecule has 0 aromatic rings. The fraction of sp³-hybridized carbons (Fsp3) is 0.714. The van der Waals surface area contributed by atoms with Crippen LogP contribution in [0, 0.1) is 19.8 Å². The van der Waals surface area contributed by atoms with Gasteiger partial charge in [-0.1, -0.05) is 19.3 Å². The third-order valence-electron chi connectivity index (χ3n) is 1.39. The second-order valence-corrected chi connectivity index (χ2v) is 1.85. The Kier molecular flexibility index (Phi) is 14.4. The molecule has 0 heterocycles. The minimum absolute atomic E-state index is 0. The standard InChI is InChI=1S/C7H14.Cs/c1-4-7(5-2)6-3;/h7H,1-2,4-6H2,3H3;/q-2;+1. The Hall–Kier alpha value is 2.05. The number of hydrogen-bond acceptors (Lipinski definition) is 0. The van der Waals surface area contributed by atoms with Crippen LogP contribution in [0.4, 0.5) is 0 Å². The van der Waals surface area contributed by atoms with Crippen LogP contribution >= 0.6 is 0 Å². The molecule has 0 fully saturated rings. The van der Waals surface area contributed by atoms with E-state index in [1.54, 1.807) is 0 Å². The maximum absolute atomic E-state index is 3.79. The third kappa shape index (κ3) is 6.18. The minimum Gasteiger partial charge on any atom is -0.343 e. The third-order valence-corrected chi connectivity index (χ3v) is 1.39. The van der Waals surface area contributed by atoms with Crippen molar-refractivity contribution in [2.24, 2.45) is 5.92 Å². The zero-order valence-electron chi connectivity index (χ0n) is 6.11. The van der Waals surface area contributed by atoms with Gasteiger partial charge >= 0.3 is 68.9 Å². The maximum Gasteiger partial charge on any atom is 1.00 e. The Labute approximate surface area is 112 Å². The topological polar surface area (TPSA) is 0 Å². The first-order valence-corrected chi connectivity index (χ1v) is 2.93. The van der Waals surface area contributed by atoms with E-state index in [4.69, 9.17) is 0 Å². The SMILES string of the molecule is [CH2-]CC(C[CH2-])CC.[Cs+]. The summed E-state index contributed by atoms with van der Waals surface area (Å²) in [6.45, 7) is 9.76. The van der Waals surface area contributed by atoms with Crippen LogP contribution < -0.4 is 68.9 Å². The van der Waals surface area contributed by atoms with Crippen LogP contribution in [0.1, 0.15) is 26.2 Å². The van der Waals surface area contributed by atoms with E-state index in [-0.39, 0.29) is 68.9 Å². The molecular weight excluding hydrogens is 217 g/mol. The maximum atomic E-state index is 3.79. The van der Waals surface area contributed by atoms with Gasteiger partial charge in [0.2, 0.25) is 0 Å². The summed E-state index contributed by atoms with van der Waals surface area (Å²) in [4.78, 5) is 0. The van der Waals surface area contributed by atoms with E-state index in [2.05, 4.69) is 20.8 Å². The second kappa shape index (κ2) is 9.05. The number of hydrogen-bond donors (Lipinski definition) is 0. The van der Waals surface area contributed by atoms with Gasteiger partial charge in [-0.25, -0.2) is 0 Å². The van der Waals surface area contributed by atoms with Gasteiger partial charge in [0, 0.05) is 0 Å². The predicted octanol–water partition coefficient (Wildman–Crippen LogP) is -0.535. The van der Waals surface area contributed by atoms with Crippen LogP contribution in [0.2, 0.25) is 0 Å². The quantitative estimate of drug-likeness (QED) is 0.572. The average molecular weight is 231 g/mol. The van der Waals surface area contributed by atoms with E-state index in [0.29, 0.717) is 0 Å². The van der Waals surface area contributed by atoms with Crippen molar-refractivity contribution < 1.29 is 68.9 Å². The van der Waals surface area contributed by atoms with E-state index >= 15 is 0 Å². The summed E-state index contributed by atoms with van der Waals surface area (Å²) in [5.41, 5.74) is 0. The van der Waals surface area contributed by atoms with Crippen molar-refractivity contribution in [1.82, 2.24) is 0 Å². The molecule has 0 atom stereocenters. The average Bonchev–Trinajstić information content (AvgIpc) is 1.72. The van der Waals surface area contributed by atoms with Gasteiger partial charge in [-0.3, -0.25) is 0 Å². The van der Waals surface area contributed by atoms with E-state index in [1.807, 2.05) is 0 Å². The van der Waals surface area contributed by atoms with Crippen LogP contribution in [0.3, 0.4) is 0 Å². The van der Waals surface area contributed by atoms with Gasteiger partial charge in [0.25, 0.3) is 0 Å². The van der Waals surface area contributed by atoms with Gasteiger partial charge in [-0.15, -0.1) is 0 Å². The Bertz CT molecular complexity index is 25.9. The molecule has 0 rings (SSSR count). The summed E-state index contributed by atoms with van der Waals surface area (Å²) in [7, 11) is 0. The fourth-order valence-corrected chi connectivity index (χ4v) is 0.553. The van der Waals surface area contributed by atoms with Crippen molar-refractivity contribution in [2.45, 2.75) is 26.2 Å². The summed E-state index contributed by atoms with van der Waals surface area (Å²) in [6.07, 6.45) is 3.31. The van der Waals surface area contributed by atoms with Crippen molar-refractivity contribution in [3.8, 4) is 0 Å². The Morgan fingerprint density at radius 3 is 1.62 bits per heavy atom. The molecule has 0 amide bonds. The molecule has 1 heteroatoms. The van der Waals surface area contributed by atoms with E-state index in [0.717, 1.165) is 18.8 Å². The Balaban J connectivity index is 0. The predicted molar refractivity (Wildman–Crippen MR) is 33.7 cm³/mol. The molecule has 0 saturated heterocycles. The van der Waals surface area contributed by atoms with Crippen molar-refractivity contribution in [1.29, 1.82) is 0 Å². The first kappa shape index (κ1) is 12.7. The Morgan fingerprint density at radius 2 is 1.62 bits per heavy atom. The molecule has 0 unspecified atom stereocenters. The molecule has 0 aliphatic heterocycles. The first-order valence-electron chi connectivity index (χ1n) is 2.93. The second-order valence-electron chi connectivity index (χ2n) is 1.85. The molecule has 44 valence electrons. The number of rotatable bonds is 3. The van der Waals surface area contributed by atoms with Crippen LogP contribution in [-0.2, 0) is 0 Å². The molecule has 8 heavy (non-hydrogen) atoms. The van der Waals surface area contributed by atoms with Gasteiger partial charge in [-0.2, -0.15) is 12.8 Å².